The van der Waals surface area contributed by atoms with Gasteiger partial charge in [0, 0.05) is 16.7 Å². The molecule has 3 N–H and O–H groups in total. The van der Waals surface area contributed by atoms with Gasteiger partial charge in [-0.15, -0.1) is 0 Å². The van der Waals surface area contributed by atoms with E-state index in [-0.39, 0.29) is 0 Å². The van der Waals surface area contributed by atoms with Gasteiger partial charge < -0.3 is 11.1 Å². The summed E-state index contributed by atoms with van der Waals surface area (Å²) in [6.45, 7) is 2.24. The minimum atomic E-state index is -0.453. The minimum Gasteiger partial charge on any atom is -0.380 e. The Kier molecular flexibility index (Phi) is 3.41. The van der Waals surface area contributed by atoms with Crippen molar-refractivity contribution in [2.75, 3.05) is 5.32 Å². The molecule has 1 amide bonds. The van der Waals surface area contributed by atoms with Gasteiger partial charge in [-0.25, -0.2) is 4.52 Å². The van der Waals surface area contributed by atoms with Crippen LogP contribution in [0.5, 0.6) is 0 Å². The first-order chi connectivity index (χ1) is 9.56. The third kappa shape index (κ3) is 2.28. The standard InChI is InChI=1S/C14H17BrN4O/c1-8-3-2-4-11(8)18-13-10(14(16)20)6-17-19-7-9(15)5-12(13)19/h5-8,11,18H,2-4H2,1H3,(H2,16,20)/t8-,11+/m0/s1. The summed E-state index contributed by atoms with van der Waals surface area (Å²) < 4.78 is 2.67. The SMILES string of the molecule is C[C@H]1CCC[C@H]1Nc1c(C(N)=O)cnn2cc(Br)cc12. The molecular formula is C14H17BrN4O. The summed E-state index contributed by atoms with van der Waals surface area (Å²) in [6.07, 6.45) is 6.95. The number of fused-ring (bicyclic) bond motifs is 1. The number of hydrogen-bond acceptors (Lipinski definition) is 3. The van der Waals surface area contributed by atoms with Crippen molar-refractivity contribution in [3.05, 3.63) is 28.5 Å². The molecule has 0 bridgehead atoms. The van der Waals surface area contributed by atoms with Gasteiger partial charge in [0.2, 0.25) is 0 Å². The van der Waals surface area contributed by atoms with E-state index in [0.717, 1.165) is 22.1 Å². The summed E-state index contributed by atoms with van der Waals surface area (Å²) in [4.78, 5) is 11.6. The number of carbonyl (C=O) groups is 1. The fourth-order valence-corrected chi connectivity index (χ4v) is 3.32. The Hall–Kier alpha value is -1.56. The Bertz CT molecular complexity index is 666. The first-order valence-electron chi connectivity index (χ1n) is 6.79. The van der Waals surface area contributed by atoms with E-state index in [4.69, 9.17) is 5.73 Å². The van der Waals surface area contributed by atoms with Gasteiger partial charge in [0.1, 0.15) is 0 Å². The Balaban J connectivity index is 2.09. The number of aromatic nitrogens is 2. The average Bonchev–Trinajstić information content (AvgIpc) is 2.95. The summed E-state index contributed by atoms with van der Waals surface area (Å²) in [6, 6.07) is 2.33. The highest BCUT2D eigenvalue weighted by Crippen LogP contribution is 2.32. The molecule has 2 aromatic heterocycles. The highest BCUT2D eigenvalue weighted by atomic mass is 79.9. The monoisotopic (exact) mass is 336 g/mol. The summed E-state index contributed by atoms with van der Waals surface area (Å²) in [5.74, 6) is 0.146. The zero-order valence-corrected chi connectivity index (χ0v) is 12.9. The van der Waals surface area contributed by atoms with Gasteiger partial charge in [0.15, 0.2) is 0 Å². The van der Waals surface area contributed by atoms with E-state index in [1.165, 1.54) is 19.0 Å². The Morgan fingerprint density at radius 1 is 1.55 bits per heavy atom. The van der Waals surface area contributed by atoms with Gasteiger partial charge in [-0.3, -0.25) is 4.79 Å². The van der Waals surface area contributed by atoms with Crippen molar-refractivity contribution in [3.8, 4) is 0 Å². The molecule has 5 nitrogen and oxygen atoms in total. The van der Waals surface area contributed by atoms with E-state index in [1.54, 1.807) is 4.52 Å². The second kappa shape index (κ2) is 5.09. The van der Waals surface area contributed by atoms with E-state index in [1.807, 2.05) is 12.3 Å². The minimum absolute atomic E-state index is 0.382. The second-order valence-corrected chi connectivity index (χ2v) is 6.36. The first-order valence-corrected chi connectivity index (χ1v) is 7.59. The third-order valence-electron chi connectivity index (χ3n) is 4.06. The zero-order chi connectivity index (χ0) is 14.3. The lowest BCUT2D eigenvalue weighted by Gasteiger charge is -2.20. The average molecular weight is 337 g/mol. The Morgan fingerprint density at radius 3 is 3.00 bits per heavy atom. The summed E-state index contributed by atoms with van der Waals surface area (Å²) >= 11 is 3.44. The van der Waals surface area contributed by atoms with Crippen LogP contribution in [0, 0.1) is 5.92 Å². The molecule has 2 aromatic rings. The number of hydrogen-bond donors (Lipinski definition) is 2. The molecule has 0 aliphatic heterocycles. The van der Waals surface area contributed by atoms with Crippen LogP contribution in [0.25, 0.3) is 5.52 Å². The van der Waals surface area contributed by atoms with E-state index >= 15 is 0 Å². The summed E-state index contributed by atoms with van der Waals surface area (Å²) in [5.41, 5.74) is 7.58. The molecule has 0 unspecified atom stereocenters. The van der Waals surface area contributed by atoms with E-state index in [2.05, 4.69) is 33.3 Å². The lowest BCUT2D eigenvalue weighted by atomic mass is 10.1. The maximum atomic E-state index is 11.6. The largest absolute Gasteiger partial charge is 0.380 e. The Morgan fingerprint density at radius 2 is 2.35 bits per heavy atom. The number of nitrogens with zero attached hydrogens (tertiary/aromatic N) is 2. The zero-order valence-electron chi connectivity index (χ0n) is 11.3. The van der Waals surface area contributed by atoms with Gasteiger partial charge in [0.05, 0.1) is 23.0 Å². The van der Waals surface area contributed by atoms with Crippen LogP contribution >= 0.6 is 15.9 Å². The first kappa shape index (κ1) is 13.4. The van der Waals surface area contributed by atoms with Gasteiger partial charge >= 0.3 is 0 Å². The van der Waals surface area contributed by atoms with E-state index in [9.17, 15) is 4.79 Å². The van der Waals surface area contributed by atoms with Crippen molar-refractivity contribution in [3.63, 3.8) is 0 Å². The number of nitrogens with two attached hydrogens (primary N) is 1. The maximum Gasteiger partial charge on any atom is 0.252 e. The number of anilines is 1. The van der Waals surface area contributed by atoms with Crippen LogP contribution in [0.4, 0.5) is 5.69 Å². The van der Waals surface area contributed by atoms with Crippen LogP contribution in [0.3, 0.4) is 0 Å². The number of nitrogens with one attached hydrogen (secondary N) is 1. The molecule has 2 atom stereocenters. The van der Waals surface area contributed by atoms with Crippen molar-refractivity contribution in [2.45, 2.75) is 32.2 Å². The van der Waals surface area contributed by atoms with Gasteiger partial charge in [-0.05, 0) is 40.8 Å². The molecule has 0 saturated heterocycles. The molecule has 106 valence electrons. The third-order valence-corrected chi connectivity index (χ3v) is 4.49. The lowest BCUT2D eigenvalue weighted by molar-refractivity contribution is 0.100. The number of primary amides is 1. The number of amides is 1. The normalized spacial score (nSPS) is 22.3. The molecule has 1 aliphatic carbocycles. The molecule has 1 fully saturated rings. The van der Waals surface area contributed by atoms with Crippen LogP contribution in [0.15, 0.2) is 22.9 Å². The lowest BCUT2D eigenvalue weighted by Crippen LogP contribution is -2.25. The van der Waals surface area contributed by atoms with Crippen molar-refractivity contribution in [1.82, 2.24) is 9.61 Å². The van der Waals surface area contributed by atoms with Gasteiger partial charge in [-0.1, -0.05) is 13.3 Å². The molecule has 1 aliphatic rings. The van der Waals surface area contributed by atoms with Crippen molar-refractivity contribution in [2.24, 2.45) is 11.7 Å². The van der Waals surface area contributed by atoms with Crippen LogP contribution in [-0.2, 0) is 0 Å². The van der Waals surface area contributed by atoms with E-state index in [0.29, 0.717) is 17.5 Å². The van der Waals surface area contributed by atoms with Crippen LogP contribution in [-0.4, -0.2) is 21.6 Å². The quantitative estimate of drug-likeness (QED) is 0.905. The highest BCUT2D eigenvalue weighted by Gasteiger charge is 2.25. The second-order valence-electron chi connectivity index (χ2n) is 5.44. The molecule has 20 heavy (non-hydrogen) atoms. The molecule has 3 rings (SSSR count). The smallest absolute Gasteiger partial charge is 0.252 e. The number of halogens is 1. The summed E-state index contributed by atoms with van der Waals surface area (Å²) in [7, 11) is 0. The predicted molar refractivity (Wildman–Crippen MR) is 81.8 cm³/mol. The van der Waals surface area contributed by atoms with Crippen molar-refractivity contribution < 1.29 is 4.79 Å². The van der Waals surface area contributed by atoms with Crippen molar-refractivity contribution >= 4 is 33.0 Å². The fourth-order valence-electron chi connectivity index (χ4n) is 2.91. The topological polar surface area (TPSA) is 72.4 Å². The molecule has 2 heterocycles. The molecular weight excluding hydrogens is 320 g/mol. The molecule has 6 heteroatoms. The maximum absolute atomic E-state index is 11.6. The molecule has 0 spiro atoms. The fraction of sp³-hybridized carbons (Fsp3) is 0.429. The molecule has 1 saturated carbocycles. The molecule has 0 radical (unpaired) electrons. The van der Waals surface area contributed by atoms with E-state index < -0.39 is 5.91 Å². The van der Waals surface area contributed by atoms with Gasteiger partial charge in [-0.2, -0.15) is 5.10 Å². The predicted octanol–water partition coefficient (Wildman–Crippen LogP) is 2.80. The Labute approximate surface area is 125 Å². The number of carbonyl (C=O) groups excluding carboxylic acids is 1. The molecule has 0 aromatic carbocycles. The highest BCUT2D eigenvalue weighted by molar-refractivity contribution is 9.10. The van der Waals surface area contributed by atoms with Crippen LogP contribution < -0.4 is 11.1 Å². The summed E-state index contributed by atoms with van der Waals surface area (Å²) in [5, 5.41) is 7.74. The van der Waals surface area contributed by atoms with Crippen LogP contribution in [0.2, 0.25) is 0 Å². The van der Waals surface area contributed by atoms with Crippen molar-refractivity contribution in [1.29, 1.82) is 0 Å². The van der Waals surface area contributed by atoms with Gasteiger partial charge in [0.25, 0.3) is 5.91 Å². The number of rotatable bonds is 3. The van der Waals surface area contributed by atoms with Crippen LogP contribution in [0.1, 0.15) is 36.5 Å².